The lowest BCUT2D eigenvalue weighted by atomic mass is 9.94. The minimum absolute atomic E-state index is 0.0793. The maximum Gasteiger partial charge on any atom is 0.292 e. The smallest absolute Gasteiger partial charge is 0.258 e. The third-order valence-electron chi connectivity index (χ3n) is 4.10. The van der Waals surface area contributed by atoms with Gasteiger partial charge in [0.2, 0.25) is 0 Å². The molecule has 0 aliphatic heterocycles. The summed E-state index contributed by atoms with van der Waals surface area (Å²) in [7, 11) is 0. The molecule has 1 aromatic carbocycles. The Labute approximate surface area is 152 Å². The predicted molar refractivity (Wildman–Crippen MR) is 97.6 cm³/mol. The molecular weight excluding hydrogens is 338 g/mol. The Balaban J connectivity index is 2.23. The van der Waals surface area contributed by atoms with Crippen molar-refractivity contribution in [3.8, 4) is 6.07 Å². The molecule has 0 amide bonds. The highest BCUT2D eigenvalue weighted by atomic mass is 35.5. The van der Waals surface area contributed by atoms with Gasteiger partial charge in [-0.1, -0.05) is 62.1 Å². The van der Waals surface area contributed by atoms with Crippen molar-refractivity contribution in [1.29, 1.82) is 5.26 Å². The highest BCUT2D eigenvalue weighted by Gasteiger charge is 2.25. The zero-order chi connectivity index (χ0) is 18.2. The third-order valence-corrected chi connectivity index (χ3v) is 4.31. The first-order valence-electron chi connectivity index (χ1n) is 8.36. The van der Waals surface area contributed by atoms with Gasteiger partial charge in [-0.05, 0) is 30.0 Å². The van der Waals surface area contributed by atoms with Crippen molar-refractivity contribution in [3.05, 3.63) is 68.5 Å². The number of hydrogen-bond acceptors (Lipinski definition) is 4. The maximum atomic E-state index is 11.2. The quantitative estimate of drug-likeness (QED) is 0.273. The molecular formula is C19H20ClN3O2. The molecule has 0 fully saturated rings. The predicted octanol–water partition coefficient (Wildman–Crippen LogP) is 5.42. The van der Waals surface area contributed by atoms with Gasteiger partial charge < -0.3 is 0 Å². The van der Waals surface area contributed by atoms with E-state index < -0.39 is 10.8 Å². The van der Waals surface area contributed by atoms with E-state index in [4.69, 9.17) is 11.6 Å². The minimum Gasteiger partial charge on any atom is -0.258 e. The lowest BCUT2D eigenvalue weighted by Gasteiger charge is -2.11. The summed E-state index contributed by atoms with van der Waals surface area (Å²) < 4.78 is 0. The molecule has 2 aromatic rings. The van der Waals surface area contributed by atoms with Crippen molar-refractivity contribution in [1.82, 2.24) is 4.98 Å². The summed E-state index contributed by atoms with van der Waals surface area (Å²) in [5.41, 5.74) is 1.76. The molecule has 0 radical (unpaired) electrons. The number of nitro groups is 1. The molecule has 0 aliphatic rings. The Bertz CT molecular complexity index is 769. The van der Waals surface area contributed by atoms with Crippen LogP contribution in [0.3, 0.4) is 0 Å². The first-order chi connectivity index (χ1) is 12.1. The van der Waals surface area contributed by atoms with Crippen molar-refractivity contribution < 1.29 is 4.92 Å². The van der Waals surface area contributed by atoms with Crippen LogP contribution in [0.2, 0.25) is 5.15 Å². The number of aromatic nitrogens is 1. The second kappa shape index (κ2) is 9.14. The van der Waals surface area contributed by atoms with E-state index in [-0.39, 0.29) is 16.5 Å². The van der Waals surface area contributed by atoms with Gasteiger partial charge in [-0.2, -0.15) is 5.26 Å². The number of aryl methyl sites for hydroxylation is 1. The molecule has 0 bridgehead atoms. The monoisotopic (exact) mass is 357 g/mol. The minimum atomic E-state index is -0.826. The van der Waals surface area contributed by atoms with Crippen LogP contribution in [0.25, 0.3) is 0 Å². The molecule has 130 valence electrons. The largest absolute Gasteiger partial charge is 0.292 e. The lowest BCUT2D eigenvalue weighted by Crippen LogP contribution is -2.06. The lowest BCUT2D eigenvalue weighted by molar-refractivity contribution is -0.386. The van der Waals surface area contributed by atoms with Crippen LogP contribution >= 0.6 is 11.6 Å². The van der Waals surface area contributed by atoms with Gasteiger partial charge in [0.15, 0.2) is 0 Å². The molecule has 0 aliphatic carbocycles. The van der Waals surface area contributed by atoms with Gasteiger partial charge in [0, 0.05) is 6.07 Å². The molecule has 6 heteroatoms. The molecule has 5 nitrogen and oxygen atoms in total. The van der Waals surface area contributed by atoms with Crippen LogP contribution in [0.4, 0.5) is 5.69 Å². The number of halogens is 1. The van der Waals surface area contributed by atoms with E-state index in [9.17, 15) is 15.4 Å². The van der Waals surface area contributed by atoms with Crippen LogP contribution in [0.5, 0.6) is 0 Å². The van der Waals surface area contributed by atoms with Crippen LogP contribution in [0, 0.1) is 21.4 Å². The number of hydrogen-bond donors (Lipinski definition) is 0. The van der Waals surface area contributed by atoms with Crippen molar-refractivity contribution in [2.75, 3.05) is 0 Å². The molecule has 1 atom stereocenters. The highest BCUT2D eigenvalue weighted by molar-refractivity contribution is 6.29. The molecule has 1 unspecified atom stereocenters. The van der Waals surface area contributed by atoms with Gasteiger partial charge in [0.1, 0.15) is 16.8 Å². The van der Waals surface area contributed by atoms with Crippen molar-refractivity contribution in [2.24, 2.45) is 0 Å². The Morgan fingerprint density at radius 1 is 1.20 bits per heavy atom. The number of nitriles is 1. The maximum absolute atomic E-state index is 11.2. The number of pyridine rings is 1. The standard InChI is InChI=1S/C19H20ClN3O2/c1-2-3-4-5-6-14-7-9-15(10-8-14)16(13-21)19-17(23(24)25)11-12-18(20)22-19/h7-12,16H,2-6H2,1H3. The van der Waals surface area contributed by atoms with Gasteiger partial charge in [-0.25, -0.2) is 4.98 Å². The van der Waals surface area contributed by atoms with Crippen molar-refractivity contribution in [3.63, 3.8) is 0 Å². The molecule has 25 heavy (non-hydrogen) atoms. The fourth-order valence-electron chi connectivity index (χ4n) is 2.74. The Morgan fingerprint density at radius 3 is 2.52 bits per heavy atom. The average molecular weight is 358 g/mol. The van der Waals surface area contributed by atoms with Gasteiger partial charge in [0.25, 0.3) is 5.69 Å². The molecule has 2 rings (SSSR count). The van der Waals surface area contributed by atoms with E-state index in [1.165, 1.54) is 37.0 Å². The molecule has 1 heterocycles. The fraction of sp³-hybridized carbons (Fsp3) is 0.368. The number of nitrogens with zero attached hydrogens (tertiary/aromatic N) is 3. The molecule has 1 aromatic heterocycles. The van der Waals surface area contributed by atoms with E-state index in [2.05, 4.69) is 18.0 Å². The van der Waals surface area contributed by atoms with E-state index >= 15 is 0 Å². The summed E-state index contributed by atoms with van der Waals surface area (Å²) in [6.07, 6.45) is 5.77. The molecule has 0 saturated carbocycles. The number of benzene rings is 1. The zero-order valence-electron chi connectivity index (χ0n) is 14.1. The summed E-state index contributed by atoms with van der Waals surface area (Å²) in [5.74, 6) is -0.826. The first kappa shape index (κ1) is 18.9. The Hall–Kier alpha value is -2.45. The normalized spacial score (nSPS) is 11.7. The van der Waals surface area contributed by atoms with Gasteiger partial charge in [-0.15, -0.1) is 0 Å². The van der Waals surface area contributed by atoms with Gasteiger partial charge in [-0.3, -0.25) is 10.1 Å². The molecule has 0 spiro atoms. The van der Waals surface area contributed by atoms with E-state index in [0.29, 0.717) is 5.56 Å². The van der Waals surface area contributed by atoms with Crippen molar-refractivity contribution in [2.45, 2.75) is 44.9 Å². The Morgan fingerprint density at radius 2 is 1.92 bits per heavy atom. The number of unbranched alkanes of at least 4 members (excludes halogenated alkanes) is 3. The summed E-state index contributed by atoms with van der Waals surface area (Å²) in [6.45, 7) is 2.18. The third kappa shape index (κ3) is 5.01. The second-order valence-corrected chi connectivity index (χ2v) is 6.30. The number of rotatable bonds is 8. The zero-order valence-corrected chi connectivity index (χ0v) is 14.9. The van der Waals surface area contributed by atoms with Crippen LogP contribution in [0.15, 0.2) is 36.4 Å². The van der Waals surface area contributed by atoms with Gasteiger partial charge >= 0.3 is 0 Å². The van der Waals surface area contributed by atoms with E-state index in [1.54, 1.807) is 0 Å². The molecule has 0 N–H and O–H groups in total. The molecule has 0 saturated heterocycles. The van der Waals surface area contributed by atoms with Gasteiger partial charge in [0.05, 0.1) is 11.0 Å². The van der Waals surface area contributed by atoms with Crippen LogP contribution < -0.4 is 0 Å². The summed E-state index contributed by atoms with van der Waals surface area (Å²) in [4.78, 5) is 14.7. The summed E-state index contributed by atoms with van der Waals surface area (Å²) in [6, 6.07) is 12.4. The SMILES string of the molecule is CCCCCCc1ccc(C(C#N)c2nc(Cl)ccc2[N+](=O)[O-])cc1. The Kier molecular flexibility index (Phi) is 6.91. The van der Waals surface area contributed by atoms with Crippen LogP contribution in [-0.2, 0) is 6.42 Å². The fourth-order valence-corrected chi connectivity index (χ4v) is 2.89. The van der Waals surface area contributed by atoms with Crippen LogP contribution in [0.1, 0.15) is 55.3 Å². The highest BCUT2D eigenvalue weighted by Crippen LogP contribution is 2.31. The van der Waals surface area contributed by atoms with E-state index in [1.807, 2.05) is 24.3 Å². The summed E-state index contributed by atoms with van der Waals surface area (Å²) >= 11 is 5.87. The van der Waals surface area contributed by atoms with E-state index in [0.717, 1.165) is 12.8 Å². The van der Waals surface area contributed by atoms with Crippen molar-refractivity contribution >= 4 is 17.3 Å². The average Bonchev–Trinajstić information content (AvgIpc) is 2.60. The van der Waals surface area contributed by atoms with Crippen LogP contribution in [-0.4, -0.2) is 9.91 Å². The first-order valence-corrected chi connectivity index (χ1v) is 8.74. The topological polar surface area (TPSA) is 79.8 Å². The second-order valence-electron chi connectivity index (χ2n) is 5.91. The summed E-state index contributed by atoms with van der Waals surface area (Å²) in [5, 5.41) is 20.9.